The van der Waals surface area contributed by atoms with Crippen LogP contribution in [0.25, 0.3) is 0 Å². The largest absolute Gasteiger partial charge is 0.459 e. The summed E-state index contributed by atoms with van der Waals surface area (Å²) in [6.07, 6.45) is 8.92. The third-order valence-corrected chi connectivity index (χ3v) is 11.5. The third-order valence-electron chi connectivity index (χ3n) is 10.8. The van der Waals surface area contributed by atoms with Gasteiger partial charge in [-0.2, -0.15) is 0 Å². The second kappa shape index (κ2) is 7.52. The van der Waals surface area contributed by atoms with Crippen molar-refractivity contribution < 1.29 is 19.1 Å². The number of carbonyl (C=O) groups excluding carboxylic acids is 2. The number of epoxide rings is 1. The molecule has 1 aromatic rings. The molecule has 4 aliphatic carbocycles. The lowest BCUT2D eigenvalue weighted by molar-refractivity contribution is -0.133. The summed E-state index contributed by atoms with van der Waals surface area (Å²) in [5.41, 5.74) is 0.915. The number of halogens is 1. The van der Waals surface area contributed by atoms with Gasteiger partial charge >= 0.3 is 5.97 Å². The minimum absolute atomic E-state index is 0.000947. The number of fused-ring (bicyclic) bond motifs is 3. The Morgan fingerprint density at radius 2 is 1.88 bits per heavy atom. The van der Waals surface area contributed by atoms with E-state index in [4.69, 9.17) is 9.47 Å². The van der Waals surface area contributed by atoms with Crippen LogP contribution < -0.4 is 0 Å². The van der Waals surface area contributed by atoms with Crippen LogP contribution >= 0.6 is 22.6 Å². The number of hydrogen-bond donors (Lipinski definition) is 0. The van der Waals surface area contributed by atoms with Crippen LogP contribution in [0.2, 0.25) is 0 Å². The van der Waals surface area contributed by atoms with Crippen LogP contribution in [0, 0.1) is 38.1 Å². The molecule has 4 saturated carbocycles. The molecule has 0 unspecified atom stereocenters. The molecule has 4 nitrogen and oxygen atoms in total. The maximum atomic E-state index is 12.8. The average Bonchev–Trinajstić information content (AvgIpc) is 3.38. The summed E-state index contributed by atoms with van der Waals surface area (Å²) in [7, 11) is 0. The smallest absolute Gasteiger partial charge is 0.338 e. The van der Waals surface area contributed by atoms with Gasteiger partial charge in [-0.15, -0.1) is 0 Å². The Kier molecular flexibility index (Phi) is 5.13. The summed E-state index contributed by atoms with van der Waals surface area (Å²) in [6.45, 7) is 6.66. The van der Waals surface area contributed by atoms with Gasteiger partial charge in [0.25, 0.3) is 0 Å². The van der Waals surface area contributed by atoms with Gasteiger partial charge in [-0.05, 0) is 122 Å². The number of ether oxygens (including phenoxy) is 2. The zero-order valence-corrected chi connectivity index (χ0v) is 22.1. The number of esters is 1. The number of ketones is 1. The summed E-state index contributed by atoms with van der Waals surface area (Å²) in [5, 5.41) is 0. The van der Waals surface area contributed by atoms with Crippen LogP contribution in [0.15, 0.2) is 24.3 Å². The number of Topliss-reactive ketones (excluding diaryl/α,β-unsaturated/α-hetero) is 1. The van der Waals surface area contributed by atoms with Crippen LogP contribution in [0.3, 0.4) is 0 Å². The van der Waals surface area contributed by atoms with Crippen molar-refractivity contribution in [1.82, 2.24) is 0 Å². The molecular formula is C28H35IO4. The molecule has 0 N–H and O–H groups in total. The highest BCUT2D eigenvalue weighted by atomic mass is 127. The molecule has 1 spiro atoms. The van der Waals surface area contributed by atoms with Gasteiger partial charge in [-0.1, -0.05) is 19.9 Å². The van der Waals surface area contributed by atoms with E-state index in [1.54, 1.807) is 6.92 Å². The van der Waals surface area contributed by atoms with Crippen LogP contribution in [-0.2, 0) is 14.3 Å². The maximum Gasteiger partial charge on any atom is 0.338 e. The fourth-order valence-electron chi connectivity index (χ4n) is 9.28. The molecule has 1 saturated heterocycles. The lowest BCUT2D eigenvalue weighted by Gasteiger charge is -2.59. The van der Waals surface area contributed by atoms with Crippen molar-refractivity contribution >= 4 is 34.3 Å². The number of rotatable bonds is 3. The molecule has 9 atom stereocenters. The Balaban J connectivity index is 1.20. The standard InChI is InChI=1S/C28H35IO4/c1-16(30)21-9-10-22-23-8-7-18-14-20(32-25(31)17-5-4-6-19(29)13-17)11-12-27(18,3)28(23)24(33-28)15-26(21,22)2/h4-6,13,18,20-24H,7-12,14-15H2,1-3H3/t18-,20+,21+,22-,23+,24-,26+,27-,28+/m0/s1. The molecule has 6 rings (SSSR count). The molecule has 33 heavy (non-hydrogen) atoms. The molecule has 1 heterocycles. The van der Waals surface area contributed by atoms with E-state index >= 15 is 0 Å². The lowest BCUT2D eigenvalue weighted by Crippen LogP contribution is -2.60. The first-order valence-electron chi connectivity index (χ1n) is 12.8. The Labute approximate surface area is 210 Å². The highest BCUT2D eigenvalue weighted by Crippen LogP contribution is 2.76. The fraction of sp³-hybridized carbons (Fsp3) is 0.714. The molecule has 0 bridgehead atoms. The van der Waals surface area contributed by atoms with Crippen LogP contribution in [-0.4, -0.2) is 29.6 Å². The first-order valence-corrected chi connectivity index (χ1v) is 13.9. The van der Waals surface area contributed by atoms with Gasteiger partial charge in [-0.3, -0.25) is 4.79 Å². The number of carbonyl (C=O) groups is 2. The van der Waals surface area contributed by atoms with Crippen molar-refractivity contribution in [1.29, 1.82) is 0 Å². The van der Waals surface area contributed by atoms with E-state index in [0.29, 0.717) is 35.2 Å². The normalized spacial score (nSPS) is 47.5. The molecule has 1 aliphatic heterocycles. The van der Waals surface area contributed by atoms with Crippen molar-refractivity contribution in [3.8, 4) is 0 Å². The van der Waals surface area contributed by atoms with Crippen LogP contribution in [0.1, 0.15) is 82.5 Å². The third kappa shape index (κ3) is 3.09. The average molecular weight is 562 g/mol. The van der Waals surface area contributed by atoms with Gasteiger partial charge in [0.15, 0.2) is 0 Å². The topological polar surface area (TPSA) is 55.9 Å². The summed E-state index contributed by atoms with van der Waals surface area (Å²) >= 11 is 2.24. The lowest BCUT2D eigenvalue weighted by atomic mass is 9.44. The zero-order valence-electron chi connectivity index (χ0n) is 19.9. The highest BCUT2D eigenvalue weighted by Gasteiger charge is 2.79. The Bertz CT molecular complexity index is 1010. The zero-order chi connectivity index (χ0) is 23.2. The van der Waals surface area contributed by atoms with E-state index in [1.807, 2.05) is 24.3 Å². The molecule has 178 valence electrons. The van der Waals surface area contributed by atoms with Crippen LogP contribution in [0.5, 0.6) is 0 Å². The number of hydrogen-bond acceptors (Lipinski definition) is 4. The molecule has 5 aliphatic rings. The van der Waals surface area contributed by atoms with E-state index in [1.165, 1.54) is 19.3 Å². The van der Waals surface area contributed by atoms with Crippen molar-refractivity contribution in [2.75, 3.05) is 0 Å². The molecule has 0 aromatic heterocycles. The first kappa shape index (κ1) is 22.5. The van der Waals surface area contributed by atoms with Gasteiger partial charge in [-0.25, -0.2) is 4.79 Å². The first-order chi connectivity index (χ1) is 15.7. The molecule has 5 heteroatoms. The SMILES string of the molecule is CC(=O)[C@H]1CC[C@H]2[C@H]3CC[C@H]4C[C@H](OC(=O)c5cccc(I)c5)CC[C@]4(C)[C@@]34O[C@H]4C[C@]12C. The van der Waals surface area contributed by atoms with E-state index in [0.717, 1.165) is 35.7 Å². The minimum atomic E-state index is -0.191. The van der Waals surface area contributed by atoms with Gasteiger partial charge in [0.1, 0.15) is 17.5 Å². The van der Waals surface area contributed by atoms with Crippen molar-refractivity contribution in [2.45, 2.75) is 89.9 Å². The quantitative estimate of drug-likeness (QED) is 0.250. The summed E-state index contributed by atoms with van der Waals surface area (Å²) < 4.78 is 13.8. The predicted molar refractivity (Wildman–Crippen MR) is 134 cm³/mol. The van der Waals surface area contributed by atoms with Gasteiger partial charge in [0, 0.05) is 14.9 Å². The Morgan fingerprint density at radius 1 is 1.09 bits per heavy atom. The van der Waals surface area contributed by atoms with Crippen molar-refractivity contribution in [3.05, 3.63) is 33.4 Å². The van der Waals surface area contributed by atoms with E-state index in [2.05, 4.69) is 36.4 Å². The van der Waals surface area contributed by atoms with E-state index in [9.17, 15) is 9.59 Å². The summed E-state index contributed by atoms with van der Waals surface area (Å²) in [6, 6.07) is 7.65. The Morgan fingerprint density at radius 3 is 2.64 bits per heavy atom. The minimum Gasteiger partial charge on any atom is -0.459 e. The second-order valence-corrected chi connectivity index (χ2v) is 13.3. The van der Waals surface area contributed by atoms with Crippen LogP contribution in [0.4, 0.5) is 0 Å². The van der Waals surface area contributed by atoms with Gasteiger partial charge < -0.3 is 9.47 Å². The summed E-state index contributed by atoms with van der Waals surface area (Å²) in [4.78, 5) is 25.2. The van der Waals surface area contributed by atoms with Crippen molar-refractivity contribution in [3.63, 3.8) is 0 Å². The molecule has 0 amide bonds. The number of benzene rings is 1. The Hall–Kier alpha value is -0.950. The van der Waals surface area contributed by atoms with E-state index < -0.39 is 0 Å². The molecule has 1 aromatic carbocycles. The van der Waals surface area contributed by atoms with Gasteiger partial charge in [0.05, 0.1) is 11.7 Å². The summed E-state index contributed by atoms with van der Waals surface area (Å²) in [5.74, 6) is 2.13. The van der Waals surface area contributed by atoms with Gasteiger partial charge in [0.2, 0.25) is 0 Å². The molecule has 0 radical (unpaired) electrons. The highest BCUT2D eigenvalue weighted by molar-refractivity contribution is 14.1. The molecule has 5 fully saturated rings. The van der Waals surface area contributed by atoms with Crippen molar-refractivity contribution in [2.24, 2.45) is 34.5 Å². The molecular weight excluding hydrogens is 527 g/mol. The maximum absolute atomic E-state index is 12.8. The second-order valence-electron chi connectivity index (χ2n) is 12.1. The fourth-order valence-corrected chi connectivity index (χ4v) is 9.82. The monoisotopic (exact) mass is 562 g/mol. The predicted octanol–water partition coefficient (Wildman–Crippen LogP) is 6.20. The van der Waals surface area contributed by atoms with E-state index in [-0.39, 0.29) is 34.4 Å².